The Hall–Kier alpha value is -3.55. The van der Waals surface area contributed by atoms with Gasteiger partial charge in [-0.1, -0.05) is 6.07 Å². The lowest BCUT2D eigenvalue weighted by atomic mass is 10.1. The van der Waals surface area contributed by atoms with Crippen LogP contribution in [-0.2, 0) is 14.3 Å². The summed E-state index contributed by atoms with van der Waals surface area (Å²) in [6, 6.07) is 5.46. The number of methoxy groups -OCH3 is 1. The van der Waals surface area contributed by atoms with E-state index >= 15 is 0 Å². The molecule has 184 valence electrons. The molecule has 3 aliphatic heterocycles. The first-order chi connectivity index (χ1) is 17.1. The van der Waals surface area contributed by atoms with E-state index in [0.29, 0.717) is 81.7 Å². The number of nitrogens with zero attached hydrogens (tertiary/aromatic N) is 5. The molecule has 1 aromatic carbocycles. The second-order valence-corrected chi connectivity index (χ2v) is 8.30. The number of carbonyl (C=O) groups is 1. The molecule has 2 aromatic rings. The molecule has 0 atom stereocenters. The predicted octanol–water partition coefficient (Wildman–Crippen LogP) is 0.691. The van der Waals surface area contributed by atoms with Gasteiger partial charge in [-0.3, -0.25) is 10.1 Å². The van der Waals surface area contributed by atoms with Crippen LogP contribution in [0.1, 0.15) is 5.56 Å². The first kappa shape index (κ1) is 23.2. The van der Waals surface area contributed by atoms with Crippen molar-refractivity contribution in [1.82, 2.24) is 25.6 Å². The van der Waals surface area contributed by atoms with Crippen LogP contribution >= 0.6 is 12.2 Å². The van der Waals surface area contributed by atoms with Gasteiger partial charge in [0.25, 0.3) is 5.91 Å². The minimum absolute atomic E-state index is 0.162. The Morgan fingerprint density at radius 1 is 0.943 bits per heavy atom. The van der Waals surface area contributed by atoms with Gasteiger partial charge in [-0.25, -0.2) is 0 Å². The number of benzene rings is 1. The molecule has 3 fully saturated rings. The molecule has 0 spiro atoms. The Bertz CT molecular complexity index is 1110. The van der Waals surface area contributed by atoms with Gasteiger partial charge in [0.1, 0.15) is 5.70 Å². The molecule has 12 nitrogen and oxygen atoms in total. The smallest absolute Gasteiger partial charge is 0.328 e. The molecule has 5 rings (SSSR count). The monoisotopic (exact) mass is 499 g/mol. The van der Waals surface area contributed by atoms with E-state index in [4.69, 9.17) is 36.1 Å². The summed E-state index contributed by atoms with van der Waals surface area (Å²) in [5.74, 6) is 1.68. The summed E-state index contributed by atoms with van der Waals surface area (Å²) in [4.78, 5) is 29.9. The number of nitrogens with one attached hydrogen (secondary N) is 2. The lowest BCUT2D eigenvalue weighted by Gasteiger charge is -2.30. The molecular formula is C22H25N7O5S. The summed E-state index contributed by atoms with van der Waals surface area (Å²) in [6.07, 6.45) is 1.68. The van der Waals surface area contributed by atoms with Crippen molar-refractivity contribution in [2.24, 2.45) is 0 Å². The summed E-state index contributed by atoms with van der Waals surface area (Å²) < 4.78 is 22.6. The molecule has 1 amide bonds. The maximum absolute atomic E-state index is 11.9. The van der Waals surface area contributed by atoms with Gasteiger partial charge in [0.05, 0.1) is 33.5 Å². The molecular weight excluding hydrogens is 474 g/mol. The van der Waals surface area contributed by atoms with Gasteiger partial charge in [-0.2, -0.15) is 15.0 Å². The molecule has 0 radical (unpaired) electrons. The molecule has 35 heavy (non-hydrogen) atoms. The third-order valence-electron chi connectivity index (χ3n) is 5.60. The van der Waals surface area contributed by atoms with E-state index in [9.17, 15) is 4.79 Å². The van der Waals surface area contributed by atoms with E-state index in [-0.39, 0.29) is 17.0 Å². The largest absolute Gasteiger partial charge is 0.493 e. The first-order valence-corrected chi connectivity index (χ1v) is 11.6. The van der Waals surface area contributed by atoms with Gasteiger partial charge in [0, 0.05) is 26.2 Å². The number of anilines is 2. The highest BCUT2D eigenvalue weighted by molar-refractivity contribution is 7.80. The van der Waals surface area contributed by atoms with E-state index in [1.165, 1.54) is 0 Å². The Morgan fingerprint density at radius 3 is 2.11 bits per heavy atom. The van der Waals surface area contributed by atoms with Crippen LogP contribution in [0.2, 0.25) is 0 Å². The quantitative estimate of drug-likeness (QED) is 0.429. The fourth-order valence-electron chi connectivity index (χ4n) is 3.80. The lowest BCUT2D eigenvalue weighted by Crippen LogP contribution is -2.40. The van der Waals surface area contributed by atoms with Crippen molar-refractivity contribution in [3.63, 3.8) is 0 Å². The summed E-state index contributed by atoms with van der Waals surface area (Å²) in [7, 11) is 1.54. The van der Waals surface area contributed by atoms with Crippen LogP contribution in [0.15, 0.2) is 23.9 Å². The number of carbonyl (C=O) groups excluding carboxylic acids is 1. The fourth-order valence-corrected chi connectivity index (χ4v) is 4.00. The number of amides is 1. The Labute approximate surface area is 207 Å². The number of thiocarbonyl (C=S) groups is 1. The normalized spacial score (nSPS) is 19.5. The number of hydrogen-bond acceptors (Lipinski definition) is 11. The minimum atomic E-state index is -0.286. The summed E-state index contributed by atoms with van der Waals surface area (Å²) >= 11 is 4.98. The number of hydrogen-bond donors (Lipinski definition) is 2. The van der Waals surface area contributed by atoms with Crippen LogP contribution < -0.4 is 29.9 Å². The van der Waals surface area contributed by atoms with E-state index in [1.807, 2.05) is 0 Å². The minimum Gasteiger partial charge on any atom is -0.493 e. The van der Waals surface area contributed by atoms with Crippen LogP contribution in [0.3, 0.4) is 0 Å². The van der Waals surface area contributed by atoms with E-state index in [2.05, 4.69) is 30.4 Å². The molecule has 13 heteroatoms. The van der Waals surface area contributed by atoms with Gasteiger partial charge >= 0.3 is 6.01 Å². The van der Waals surface area contributed by atoms with E-state index < -0.39 is 0 Å². The highest BCUT2D eigenvalue weighted by atomic mass is 32.1. The zero-order chi connectivity index (χ0) is 24.2. The van der Waals surface area contributed by atoms with Crippen molar-refractivity contribution >= 4 is 41.2 Å². The highest BCUT2D eigenvalue weighted by Crippen LogP contribution is 2.33. The van der Waals surface area contributed by atoms with Crippen molar-refractivity contribution in [3.05, 3.63) is 29.5 Å². The zero-order valence-electron chi connectivity index (χ0n) is 19.2. The van der Waals surface area contributed by atoms with E-state index in [1.54, 1.807) is 31.4 Å². The molecule has 0 unspecified atom stereocenters. The molecule has 3 aliphatic rings. The Morgan fingerprint density at radius 2 is 1.57 bits per heavy atom. The number of morpholine rings is 2. The maximum atomic E-state index is 11.9. The zero-order valence-corrected chi connectivity index (χ0v) is 20.0. The molecule has 2 N–H and O–H groups in total. The Balaban J connectivity index is 1.43. The van der Waals surface area contributed by atoms with Crippen LogP contribution in [0.4, 0.5) is 11.9 Å². The van der Waals surface area contributed by atoms with Crippen molar-refractivity contribution in [1.29, 1.82) is 0 Å². The van der Waals surface area contributed by atoms with Gasteiger partial charge in [-0.05, 0) is 36.0 Å². The number of rotatable bonds is 6. The first-order valence-electron chi connectivity index (χ1n) is 11.2. The highest BCUT2D eigenvalue weighted by Gasteiger charge is 2.23. The number of ether oxygens (including phenoxy) is 4. The van der Waals surface area contributed by atoms with E-state index in [0.717, 1.165) is 5.56 Å². The average Bonchev–Trinajstić information content (AvgIpc) is 3.21. The standard InChI is InChI=1S/C22H25N7O5S/c1-31-17-13-14(12-15-18(30)24-22(35)23-15)2-3-16(17)34-21-26-19(28-4-8-32-9-5-28)25-20(27-21)29-6-10-33-11-7-29/h2-3,12-13H,4-11H2,1H3,(H2,23,24,30,35). The second-order valence-electron chi connectivity index (χ2n) is 7.90. The third kappa shape index (κ3) is 5.42. The summed E-state index contributed by atoms with van der Waals surface area (Å²) in [6.45, 7) is 5.17. The van der Waals surface area contributed by atoms with Gasteiger partial charge in [0.2, 0.25) is 11.9 Å². The maximum Gasteiger partial charge on any atom is 0.328 e. The molecule has 1 aromatic heterocycles. The van der Waals surface area contributed by atoms with Crippen molar-refractivity contribution in [2.45, 2.75) is 0 Å². The molecule has 3 saturated heterocycles. The molecule has 0 bridgehead atoms. The molecule has 4 heterocycles. The molecule has 0 saturated carbocycles. The SMILES string of the molecule is COc1cc(C=C2NC(=S)NC2=O)ccc1Oc1nc(N2CCOCC2)nc(N2CCOCC2)n1. The fraction of sp³-hybridized carbons (Fsp3) is 0.409. The predicted molar refractivity (Wildman–Crippen MR) is 131 cm³/mol. The summed E-state index contributed by atoms with van der Waals surface area (Å²) in [5.41, 5.74) is 1.09. The van der Waals surface area contributed by atoms with Gasteiger partial charge in [0.15, 0.2) is 16.6 Å². The summed E-state index contributed by atoms with van der Waals surface area (Å²) in [5, 5.41) is 5.63. The third-order valence-corrected chi connectivity index (χ3v) is 5.80. The van der Waals surface area contributed by atoms with Crippen molar-refractivity contribution in [2.75, 3.05) is 69.5 Å². The lowest BCUT2D eigenvalue weighted by molar-refractivity contribution is -0.115. The van der Waals surface area contributed by atoms with Crippen LogP contribution in [0.25, 0.3) is 6.08 Å². The topological polar surface area (TPSA) is 123 Å². The van der Waals surface area contributed by atoms with Gasteiger partial charge in [-0.15, -0.1) is 0 Å². The van der Waals surface area contributed by atoms with Crippen molar-refractivity contribution < 1.29 is 23.7 Å². The average molecular weight is 500 g/mol. The van der Waals surface area contributed by atoms with Crippen LogP contribution in [0, 0.1) is 0 Å². The second kappa shape index (κ2) is 10.4. The van der Waals surface area contributed by atoms with Crippen LogP contribution in [-0.4, -0.2) is 85.7 Å². The Kier molecular flexibility index (Phi) is 6.88. The molecule has 0 aliphatic carbocycles. The van der Waals surface area contributed by atoms with Crippen molar-refractivity contribution in [3.8, 4) is 17.5 Å². The van der Waals surface area contributed by atoms with Gasteiger partial charge < -0.3 is 34.1 Å². The van der Waals surface area contributed by atoms with Crippen LogP contribution in [0.5, 0.6) is 17.5 Å². The number of aromatic nitrogens is 3.